The van der Waals surface area contributed by atoms with Crippen LogP contribution in [0.4, 0.5) is 0 Å². The first-order chi connectivity index (χ1) is 15.5. The maximum Gasteiger partial charge on any atom is 0.262 e. The fourth-order valence-electron chi connectivity index (χ4n) is 2.91. The molecule has 1 atom stereocenters. The Bertz CT molecular complexity index is 897. The molecule has 0 aliphatic heterocycles. The third-order valence-corrected chi connectivity index (χ3v) is 4.68. The van der Waals surface area contributed by atoms with Gasteiger partial charge in [0.2, 0.25) is 0 Å². The second kappa shape index (κ2) is 13.1. The summed E-state index contributed by atoms with van der Waals surface area (Å²) < 4.78 is 11.4. The molecule has 0 aromatic heterocycles. The molecule has 7 nitrogen and oxygen atoms in total. The zero-order valence-corrected chi connectivity index (χ0v) is 19.3. The number of ether oxygens (including phenoxy) is 2. The Labute approximate surface area is 190 Å². The van der Waals surface area contributed by atoms with Gasteiger partial charge in [-0.1, -0.05) is 45.4 Å². The highest BCUT2D eigenvalue weighted by Gasteiger charge is 2.24. The number of nitrogens with one attached hydrogen (secondary N) is 2. The highest BCUT2D eigenvalue weighted by molar-refractivity contribution is 5.97. The Morgan fingerprint density at radius 1 is 1.03 bits per heavy atom. The van der Waals surface area contributed by atoms with Gasteiger partial charge in [0, 0.05) is 5.56 Å². The SMILES string of the molecule is CCCCOc1ccc(/C=N/NC(=O)C(NC(=O)c2ccccc2)C(C)C)cc1OCC. The molecule has 0 radical (unpaired) electrons. The van der Waals surface area contributed by atoms with Crippen LogP contribution in [0.15, 0.2) is 53.6 Å². The van der Waals surface area contributed by atoms with E-state index in [1.54, 1.807) is 24.3 Å². The summed E-state index contributed by atoms with van der Waals surface area (Å²) >= 11 is 0. The van der Waals surface area contributed by atoms with Gasteiger partial charge < -0.3 is 14.8 Å². The van der Waals surface area contributed by atoms with Crippen LogP contribution in [0.3, 0.4) is 0 Å². The Morgan fingerprint density at radius 3 is 2.44 bits per heavy atom. The van der Waals surface area contributed by atoms with Gasteiger partial charge in [-0.2, -0.15) is 5.10 Å². The molecule has 2 aromatic rings. The first-order valence-corrected chi connectivity index (χ1v) is 11.0. The van der Waals surface area contributed by atoms with Crippen molar-refractivity contribution in [3.8, 4) is 11.5 Å². The van der Waals surface area contributed by atoms with Gasteiger partial charge in [0.1, 0.15) is 6.04 Å². The van der Waals surface area contributed by atoms with Crippen LogP contribution in [0.1, 0.15) is 56.5 Å². The molecule has 0 aliphatic carbocycles. The molecule has 2 amide bonds. The van der Waals surface area contributed by atoms with E-state index >= 15 is 0 Å². The molecule has 0 fully saturated rings. The third-order valence-electron chi connectivity index (χ3n) is 4.68. The molecule has 32 heavy (non-hydrogen) atoms. The molecule has 2 aromatic carbocycles. The van der Waals surface area contributed by atoms with Crippen LogP contribution in [0.2, 0.25) is 0 Å². The summed E-state index contributed by atoms with van der Waals surface area (Å²) in [4.78, 5) is 25.1. The maximum atomic E-state index is 12.6. The van der Waals surface area contributed by atoms with Gasteiger partial charge in [-0.15, -0.1) is 0 Å². The molecule has 0 saturated carbocycles. The number of carbonyl (C=O) groups excluding carboxylic acids is 2. The van der Waals surface area contributed by atoms with Crippen LogP contribution < -0.4 is 20.2 Å². The smallest absolute Gasteiger partial charge is 0.262 e. The standard InChI is InChI=1S/C25H33N3O4/c1-5-7-15-32-21-14-13-19(16-22(21)31-6-2)17-26-28-25(30)23(18(3)4)27-24(29)20-11-9-8-10-12-20/h8-14,16-18,23H,5-7,15H2,1-4H3,(H,27,29)(H,28,30)/b26-17+. The van der Waals surface area contributed by atoms with Gasteiger partial charge in [0.05, 0.1) is 19.4 Å². The second-order valence-electron chi connectivity index (χ2n) is 7.64. The number of nitrogens with zero attached hydrogens (tertiary/aromatic N) is 1. The molecule has 0 saturated heterocycles. The first-order valence-electron chi connectivity index (χ1n) is 11.0. The minimum atomic E-state index is -0.715. The minimum Gasteiger partial charge on any atom is -0.490 e. The minimum absolute atomic E-state index is 0.109. The summed E-state index contributed by atoms with van der Waals surface area (Å²) in [6, 6.07) is 13.6. The number of carbonyl (C=O) groups is 2. The van der Waals surface area contributed by atoms with Crippen molar-refractivity contribution in [3.63, 3.8) is 0 Å². The van der Waals surface area contributed by atoms with E-state index in [-0.39, 0.29) is 17.7 Å². The third kappa shape index (κ3) is 7.72. The highest BCUT2D eigenvalue weighted by Crippen LogP contribution is 2.28. The van der Waals surface area contributed by atoms with E-state index < -0.39 is 6.04 Å². The molecule has 0 aliphatic rings. The van der Waals surface area contributed by atoms with E-state index in [0.717, 1.165) is 18.4 Å². The molecular weight excluding hydrogens is 406 g/mol. The van der Waals surface area contributed by atoms with Crippen LogP contribution >= 0.6 is 0 Å². The molecule has 1 unspecified atom stereocenters. The zero-order chi connectivity index (χ0) is 23.3. The summed E-state index contributed by atoms with van der Waals surface area (Å²) in [7, 11) is 0. The second-order valence-corrected chi connectivity index (χ2v) is 7.64. The van der Waals surface area contributed by atoms with Crippen molar-refractivity contribution in [2.75, 3.05) is 13.2 Å². The quantitative estimate of drug-likeness (QED) is 0.295. The lowest BCUT2D eigenvalue weighted by molar-refractivity contribution is -0.123. The lowest BCUT2D eigenvalue weighted by Gasteiger charge is -2.20. The molecule has 0 heterocycles. The van der Waals surface area contributed by atoms with E-state index in [4.69, 9.17) is 9.47 Å². The van der Waals surface area contributed by atoms with Crippen molar-refractivity contribution in [2.24, 2.45) is 11.0 Å². The average molecular weight is 440 g/mol. The molecular formula is C25H33N3O4. The van der Waals surface area contributed by atoms with Crippen LogP contribution in [0.5, 0.6) is 11.5 Å². The van der Waals surface area contributed by atoms with Gasteiger partial charge in [-0.05, 0) is 55.2 Å². The van der Waals surface area contributed by atoms with Crippen molar-refractivity contribution >= 4 is 18.0 Å². The lowest BCUT2D eigenvalue weighted by atomic mass is 10.0. The summed E-state index contributed by atoms with van der Waals surface area (Å²) in [5.74, 6) is 0.523. The number of hydrogen-bond acceptors (Lipinski definition) is 5. The first kappa shape index (κ1) is 24.9. The number of amides is 2. The predicted octanol–water partition coefficient (Wildman–Crippen LogP) is 4.17. The molecule has 2 N–H and O–H groups in total. The fourth-order valence-corrected chi connectivity index (χ4v) is 2.91. The fraction of sp³-hybridized carbons (Fsp3) is 0.400. The Hall–Kier alpha value is -3.35. The maximum absolute atomic E-state index is 12.6. The average Bonchev–Trinajstić information content (AvgIpc) is 2.79. The van der Waals surface area contributed by atoms with Crippen molar-refractivity contribution in [1.29, 1.82) is 0 Å². The van der Waals surface area contributed by atoms with Gasteiger partial charge in [-0.3, -0.25) is 9.59 Å². The number of unbranched alkanes of at least 4 members (excludes halogenated alkanes) is 1. The van der Waals surface area contributed by atoms with Crippen LogP contribution in [0, 0.1) is 5.92 Å². The van der Waals surface area contributed by atoms with Crippen molar-refractivity contribution in [1.82, 2.24) is 10.7 Å². The van der Waals surface area contributed by atoms with Crippen molar-refractivity contribution in [2.45, 2.75) is 46.6 Å². The summed E-state index contributed by atoms with van der Waals surface area (Å²) in [6.07, 6.45) is 3.56. The zero-order valence-electron chi connectivity index (χ0n) is 19.3. The van der Waals surface area contributed by atoms with Crippen LogP contribution in [-0.4, -0.2) is 37.3 Å². The topological polar surface area (TPSA) is 89.0 Å². The number of hydrazone groups is 1. The number of hydrogen-bond donors (Lipinski definition) is 2. The van der Waals surface area contributed by atoms with Gasteiger partial charge in [-0.25, -0.2) is 5.43 Å². The number of rotatable bonds is 12. The normalized spacial score (nSPS) is 11.9. The molecule has 0 bridgehead atoms. The van der Waals surface area contributed by atoms with E-state index in [2.05, 4.69) is 22.8 Å². The predicted molar refractivity (Wildman–Crippen MR) is 126 cm³/mol. The Kier molecular flexibility index (Phi) is 10.2. The van der Waals surface area contributed by atoms with Crippen LogP contribution in [0.25, 0.3) is 0 Å². The Balaban J connectivity index is 2.01. The van der Waals surface area contributed by atoms with Gasteiger partial charge >= 0.3 is 0 Å². The molecule has 172 valence electrons. The molecule has 0 spiro atoms. The summed E-state index contributed by atoms with van der Waals surface area (Å²) in [6.45, 7) is 8.89. The van der Waals surface area contributed by atoms with E-state index in [1.165, 1.54) is 6.21 Å². The van der Waals surface area contributed by atoms with E-state index in [1.807, 2.05) is 45.0 Å². The van der Waals surface area contributed by atoms with E-state index in [0.29, 0.717) is 30.3 Å². The summed E-state index contributed by atoms with van der Waals surface area (Å²) in [5.41, 5.74) is 3.78. The van der Waals surface area contributed by atoms with Gasteiger partial charge in [0.15, 0.2) is 11.5 Å². The van der Waals surface area contributed by atoms with Gasteiger partial charge in [0.25, 0.3) is 11.8 Å². The van der Waals surface area contributed by atoms with Crippen molar-refractivity contribution < 1.29 is 19.1 Å². The number of benzene rings is 2. The monoisotopic (exact) mass is 439 g/mol. The highest BCUT2D eigenvalue weighted by atomic mass is 16.5. The van der Waals surface area contributed by atoms with Crippen LogP contribution in [-0.2, 0) is 4.79 Å². The largest absolute Gasteiger partial charge is 0.490 e. The van der Waals surface area contributed by atoms with Crippen molar-refractivity contribution in [3.05, 3.63) is 59.7 Å². The molecule has 7 heteroatoms. The Morgan fingerprint density at radius 2 is 1.78 bits per heavy atom. The lowest BCUT2D eigenvalue weighted by Crippen LogP contribution is -2.48. The summed E-state index contributed by atoms with van der Waals surface area (Å²) in [5, 5.41) is 6.84. The molecule has 2 rings (SSSR count). The van der Waals surface area contributed by atoms with E-state index in [9.17, 15) is 9.59 Å².